The van der Waals surface area contributed by atoms with Gasteiger partial charge in [-0.25, -0.2) is 0 Å². The first-order valence-electron chi connectivity index (χ1n) is 14.0. The van der Waals surface area contributed by atoms with Crippen LogP contribution in [0.4, 0.5) is 0 Å². The largest absolute Gasteiger partial charge is 0.507 e. The summed E-state index contributed by atoms with van der Waals surface area (Å²) in [5.74, 6) is 1.03. The van der Waals surface area contributed by atoms with E-state index in [1.54, 1.807) is 0 Å². The number of carbonyl (C=O) groups is 3. The highest BCUT2D eigenvalue weighted by atomic mass is 16.3. The number of nitrogens with one attached hydrogen (secondary N) is 2. The third-order valence-electron chi connectivity index (χ3n) is 10.2. The van der Waals surface area contributed by atoms with Crippen molar-refractivity contribution in [2.75, 3.05) is 6.54 Å². The molecular weight excluding hydrogens is 472 g/mol. The highest BCUT2D eigenvalue weighted by Crippen LogP contribution is 2.62. The molecule has 2 unspecified atom stereocenters. The number of hydrogen-bond donors (Lipinski definition) is 5. The standard InChI is InChI=1S/C29H40N2O6/c1-3-15-11-17-12-19-18-5-4-6-23(35)30-10-9-21(33)27-28(36)26(29(37)31-27)20(32)8-7-16(18)13-22(34)25(19)24(17)14(15)2/h4,6-8,14-19,21-22,24-25,27,32-34H,3,5,9-13H2,1-2H3,(H,30,35)(H,31,37)/t14-,15-,16+,17+,18-,19+,21?,22-,24+,25-,27?/m0/s1. The van der Waals surface area contributed by atoms with Crippen LogP contribution in [0.25, 0.3) is 0 Å². The molecule has 2 amide bonds. The number of ketones is 1. The Balaban J connectivity index is 1.47. The van der Waals surface area contributed by atoms with E-state index in [0.29, 0.717) is 42.4 Å². The molecule has 1 saturated heterocycles. The zero-order valence-corrected chi connectivity index (χ0v) is 21.7. The maximum Gasteiger partial charge on any atom is 0.259 e. The van der Waals surface area contributed by atoms with Crippen molar-refractivity contribution in [2.24, 2.45) is 47.3 Å². The lowest BCUT2D eigenvalue weighted by molar-refractivity contribution is -0.118. The highest BCUT2D eigenvalue weighted by Gasteiger charge is 2.58. The van der Waals surface area contributed by atoms with Gasteiger partial charge in [-0.3, -0.25) is 14.4 Å². The molecule has 2 heterocycles. The Morgan fingerprint density at radius 2 is 1.78 bits per heavy atom. The molecule has 5 aliphatic rings. The number of allylic oxidation sites excluding steroid dienone is 3. The molecule has 0 aromatic carbocycles. The topological polar surface area (TPSA) is 136 Å². The summed E-state index contributed by atoms with van der Waals surface area (Å²) in [5, 5.41) is 37.7. The summed E-state index contributed by atoms with van der Waals surface area (Å²) in [6.07, 6.45) is 9.79. The number of fused-ring (bicyclic) bond motifs is 7. The van der Waals surface area contributed by atoms with Crippen LogP contribution >= 0.6 is 0 Å². The van der Waals surface area contributed by atoms with Gasteiger partial charge >= 0.3 is 0 Å². The quantitative estimate of drug-likeness (QED) is 0.342. The summed E-state index contributed by atoms with van der Waals surface area (Å²) < 4.78 is 0. The van der Waals surface area contributed by atoms with Crippen LogP contribution in [0.1, 0.15) is 52.4 Å². The fourth-order valence-electron chi connectivity index (χ4n) is 8.51. The minimum absolute atomic E-state index is 0.0725. The zero-order valence-electron chi connectivity index (χ0n) is 21.7. The van der Waals surface area contributed by atoms with E-state index >= 15 is 0 Å². The molecule has 5 N–H and O–H groups in total. The van der Waals surface area contributed by atoms with Crippen LogP contribution in [0.15, 0.2) is 35.6 Å². The summed E-state index contributed by atoms with van der Waals surface area (Å²) in [5.41, 5.74) is -0.350. The van der Waals surface area contributed by atoms with Gasteiger partial charge < -0.3 is 26.0 Å². The molecule has 5 rings (SSSR count). The van der Waals surface area contributed by atoms with E-state index in [0.717, 1.165) is 6.42 Å². The van der Waals surface area contributed by atoms with Gasteiger partial charge in [-0.2, -0.15) is 0 Å². The predicted molar refractivity (Wildman–Crippen MR) is 137 cm³/mol. The molecule has 202 valence electrons. The molecular formula is C29H40N2O6. The smallest absolute Gasteiger partial charge is 0.259 e. The van der Waals surface area contributed by atoms with Gasteiger partial charge in [-0.05, 0) is 91.6 Å². The molecule has 37 heavy (non-hydrogen) atoms. The van der Waals surface area contributed by atoms with Gasteiger partial charge in [0.25, 0.3) is 5.91 Å². The molecule has 0 radical (unpaired) electrons. The van der Waals surface area contributed by atoms with Crippen molar-refractivity contribution < 1.29 is 29.7 Å². The summed E-state index contributed by atoms with van der Waals surface area (Å²) in [4.78, 5) is 37.7. The van der Waals surface area contributed by atoms with Crippen molar-refractivity contribution in [1.82, 2.24) is 10.6 Å². The van der Waals surface area contributed by atoms with Crippen LogP contribution in [-0.2, 0) is 14.4 Å². The summed E-state index contributed by atoms with van der Waals surface area (Å²) in [6.45, 7) is 4.76. The van der Waals surface area contributed by atoms with Gasteiger partial charge in [0.15, 0.2) is 5.78 Å². The Morgan fingerprint density at radius 1 is 1.00 bits per heavy atom. The fraction of sp³-hybridized carbons (Fsp3) is 0.690. The number of carbonyl (C=O) groups excluding carboxylic acids is 3. The fourth-order valence-corrected chi connectivity index (χ4v) is 8.51. The van der Waals surface area contributed by atoms with Crippen LogP contribution in [0.5, 0.6) is 0 Å². The van der Waals surface area contributed by atoms with Crippen molar-refractivity contribution in [1.29, 1.82) is 0 Å². The molecule has 11 atom stereocenters. The van der Waals surface area contributed by atoms with Gasteiger partial charge in [-0.15, -0.1) is 0 Å². The van der Waals surface area contributed by atoms with Crippen molar-refractivity contribution >= 4 is 17.6 Å². The molecule has 2 bridgehead atoms. The minimum atomic E-state index is -1.19. The Bertz CT molecular complexity index is 1030. The first-order valence-corrected chi connectivity index (χ1v) is 14.0. The number of rotatable bonds is 1. The molecule has 8 nitrogen and oxygen atoms in total. The molecule has 0 aromatic heterocycles. The SMILES string of the molecule is CC[C@H]1C[C@@H]2C[C@@H]3[C@H]4CC=CC(=O)NCCC(O)C5NC(=O)C(=C(O)C=C[C@@H]4C[C@H](O)[C@H]3[C@@H]2[C@H]1C)C5=O. The van der Waals surface area contributed by atoms with Gasteiger partial charge in [0.1, 0.15) is 17.4 Å². The average Bonchev–Trinajstić information content (AvgIpc) is 3.48. The van der Waals surface area contributed by atoms with E-state index in [1.807, 2.05) is 12.2 Å². The summed E-state index contributed by atoms with van der Waals surface area (Å²) in [6, 6.07) is -1.16. The Labute approximate surface area is 218 Å². The average molecular weight is 513 g/mol. The lowest BCUT2D eigenvalue weighted by atomic mass is 9.62. The van der Waals surface area contributed by atoms with Gasteiger partial charge in [0.05, 0.1) is 12.2 Å². The number of hydrogen-bond acceptors (Lipinski definition) is 6. The predicted octanol–water partition coefficient (Wildman–Crippen LogP) is 2.18. The Kier molecular flexibility index (Phi) is 7.33. The van der Waals surface area contributed by atoms with E-state index in [2.05, 4.69) is 24.5 Å². The second kappa shape index (κ2) is 10.4. The number of amides is 2. The maximum absolute atomic E-state index is 12.8. The van der Waals surface area contributed by atoms with Crippen LogP contribution in [0.3, 0.4) is 0 Å². The van der Waals surface area contributed by atoms with Crippen molar-refractivity contribution in [3.63, 3.8) is 0 Å². The van der Waals surface area contributed by atoms with Crippen LogP contribution in [0.2, 0.25) is 0 Å². The van der Waals surface area contributed by atoms with Crippen molar-refractivity contribution in [3.05, 3.63) is 35.6 Å². The first kappa shape index (κ1) is 26.2. The van der Waals surface area contributed by atoms with Gasteiger partial charge in [0.2, 0.25) is 5.91 Å². The van der Waals surface area contributed by atoms with E-state index in [9.17, 15) is 29.7 Å². The molecule has 4 fully saturated rings. The molecule has 3 saturated carbocycles. The Hall–Kier alpha value is -2.45. The third-order valence-corrected chi connectivity index (χ3v) is 10.2. The van der Waals surface area contributed by atoms with Crippen LogP contribution in [0, 0.1) is 47.3 Å². The first-order chi connectivity index (χ1) is 17.7. The molecule has 0 spiro atoms. The second-order valence-electron chi connectivity index (χ2n) is 11.9. The number of aliphatic hydroxyl groups excluding tert-OH is 3. The lowest BCUT2D eigenvalue weighted by Crippen LogP contribution is -2.43. The van der Waals surface area contributed by atoms with E-state index in [4.69, 9.17) is 0 Å². The van der Waals surface area contributed by atoms with E-state index in [-0.39, 0.29) is 42.2 Å². The van der Waals surface area contributed by atoms with Crippen molar-refractivity contribution in [2.45, 2.75) is 70.6 Å². The van der Waals surface area contributed by atoms with Gasteiger partial charge in [0, 0.05) is 6.54 Å². The normalized spacial score (nSPS) is 44.3. The molecule has 3 aliphatic carbocycles. The second-order valence-corrected chi connectivity index (χ2v) is 11.9. The third kappa shape index (κ3) is 4.67. The minimum Gasteiger partial charge on any atom is -0.507 e. The van der Waals surface area contributed by atoms with E-state index in [1.165, 1.54) is 25.0 Å². The maximum atomic E-state index is 12.8. The van der Waals surface area contributed by atoms with Crippen molar-refractivity contribution in [3.8, 4) is 0 Å². The highest BCUT2D eigenvalue weighted by molar-refractivity contribution is 6.27. The number of aliphatic hydroxyl groups is 3. The monoisotopic (exact) mass is 512 g/mol. The number of Topliss-reactive ketones (excluding diaryl/α,β-unsaturated/α-hetero) is 1. The Morgan fingerprint density at radius 3 is 2.54 bits per heavy atom. The van der Waals surface area contributed by atoms with Crippen LogP contribution < -0.4 is 10.6 Å². The van der Waals surface area contributed by atoms with E-state index < -0.39 is 35.7 Å². The van der Waals surface area contributed by atoms with Gasteiger partial charge in [-0.1, -0.05) is 32.4 Å². The molecule has 0 aromatic rings. The van der Waals surface area contributed by atoms with Crippen LogP contribution in [-0.4, -0.2) is 57.7 Å². The summed E-state index contributed by atoms with van der Waals surface area (Å²) >= 11 is 0. The molecule has 8 heteroatoms. The molecule has 2 aliphatic heterocycles. The summed E-state index contributed by atoms with van der Waals surface area (Å²) in [7, 11) is 0. The zero-order chi connectivity index (χ0) is 26.4. The lowest BCUT2D eigenvalue weighted by Gasteiger charge is -2.44.